The third-order valence-electron chi connectivity index (χ3n) is 2.08. The normalized spacial score (nSPS) is 10.6. The molecule has 1 aromatic carbocycles. The first-order valence-electron chi connectivity index (χ1n) is 5.22. The fourth-order valence-corrected chi connectivity index (χ4v) is 1.39. The fourth-order valence-electron chi connectivity index (χ4n) is 1.39. The smallest absolute Gasteiger partial charge is 0.163 e. The highest BCUT2D eigenvalue weighted by Crippen LogP contribution is 2.31. The molecule has 0 radical (unpaired) electrons. The first-order valence-corrected chi connectivity index (χ1v) is 5.22. The average Bonchev–Trinajstić information content (AvgIpc) is 2.22. The van der Waals surface area contributed by atoms with Crippen LogP contribution in [-0.2, 0) is 6.42 Å². The van der Waals surface area contributed by atoms with Crippen LogP contribution in [0.1, 0.15) is 19.4 Å². The second-order valence-corrected chi connectivity index (χ2v) is 3.73. The van der Waals surface area contributed by atoms with Gasteiger partial charge in [0.25, 0.3) is 0 Å². The van der Waals surface area contributed by atoms with Gasteiger partial charge in [0.15, 0.2) is 11.5 Å². The van der Waals surface area contributed by atoms with Crippen LogP contribution in [0.25, 0.3) is 0 Å². The van der Waals surface area contributed by atoms with Gasteiger partial charge in [0.05, 0.1) is 13.2 Å². The van der Waals surface area contributed by atoms with E-state index in [4.69, 9.17) is 14.6 Å². The van der Waals surface area contributed by atoms with Crippen molar-refractivity contribution < 1.29 is 19.0 Å². The van der Waals surface area contributed by atoms with E-state index in [-0.39, 0.29) is 24.9 Å². The fraction of sp³-hybridized carbons (Fsp3) is 0.500. The van der Waals surface area contributed by atoms with Crippen LogP contribution in [0.4, 0.5) is 4.39 Å². The molecule has 0 aromatic heterocycles. The Bertz CT molecular complexity index is 350. The maximum absolute atomic E-state index is 13.5. The zero-order valence-corrected chi connectivity index (χ0v) is 9.79. The van der Waals surface area contributed by atoms with Crippen LogP contribution >= 0.6 is 0 Å². The number of benzene rings is 1. The lowest BCUT2D eigenvalue weighted by atomic mass is 10.1. The highest BCUT2D eigenvalue weighted by Gasteiger charge is 2.12. The van der Waals surface area contributed by atoms with Crippen molar-refractivity contribution >= 4 is 0 Å². The van der Waals surface area contributed by atoms with Crippen LogP contribution in [0.3, 0.4) is 0 Å². The van der Waals surface area contributed by atoms with E-state index in [0.717, 1.165) is 0 Å². The van der Waals surface area contributed by atoms with E-state index in [9.17, 15) is 4.39 Å². The van der Waals surface area contributed by atoms with Crippen LogP contribution in [0.5, 0.6) is 11.5 Å². The summed E-state index contributed by atoms with van der Waals surface area (Å²) in [6, 6.07) is 2.85. The minimum Gasteiger partial charge on any atom is -0.493 e. The van der Waals surface area contributed by atoms with E-state index >= 15 is 0 Å². The average molecular weight is 228 g/mol. The zero-order chi connectivity index (χ0) is 12.1. The molecule has 0 aliphatic heterocycles. The molecule has 1 N–H and O–H groups in total. The van der Waals surface area contributed by atoms with Crippen LogP contribution in [0, 0.1) is 5.82 Å². The van der Waals surface area contributed by atoms with Gasteiger partial charge in [0, 0.05) is 12.7 Å². The van der Waals surface area contributed by atoms with Crippen molar-refractivity contribution in [2.45, 2.75) is 26.4 Å². The number of hydrogen-bond donors (Lipinski definition) is 1. The molecule has 0 amide bonds. The van der Waals surface area contributed by atoms with E-state index in [2.05, 4.69) is 0 Å². The van der Waals surface area contributed by atoms with Crippen molar-refractivity contribution in [2.75, 3.05) is 13.7 Å². The molecule has 0 saturated carbocycles. The second kappa shape index (κ2) is 5.70. The molecule has 0 heterocycles. The molecule has 3 nitrogen and oxygen atoms in total. The Morgan fingerprint density at radius 1 is 1.31 bits per heavy atom. The van der Waals surface area contributed by atoms with Gasteiger partial charge in [-0.3, -0.25) is 0 Å². The van der Waals surface area contributed by atoms with Crippen molar-refractivity contribution in [2.24, 2.45) is 0 Å². The van der Waals surface area contributed by atoms with E-state index in [0.29, 0.717) is 17.1 Å². The number of rotatable bonds is 5. The topological polar surface area (TPSA) is 38.7 Å². The van der Waals surface area contributed by atoms with Gasteiger partial charge in [-0.05, 0) is 31.9 Å². The summed E-state index contributed by atoms with van der Waals surface area (Å²) < 4.78 is 24.0. The summed E-state index contributed by atoms with van der Waals surface area (Å²) in [5, 5.41) is 8.80. The van der Waals surface area contributed by atoms with Crippen molar-refractivity contribution in [3.05, 3.63) is 23.5 Å². The summed E-state index contributed by atoms with van der Waals surface area (Å²) in [7, 11) is 1.47. The largest absolute Gasteiger partial charge is 0.493 e. The van der Waals surface area contributed by atoms with E-state index < -0.39 is 0 Å². The summed E-state index contributed by atoms with van der Waals surface area (Å²) in [5.74, 6) is 0.484. The molecule has 0 atom stereocenters. The lowest BCUT2D eigenvalue weighted by molar-refractivity contribution is 0.229. The summed E-state index contributed by atoms with van der Waals surface area (Å²) in [6.45, 7) is 3.67. The number of methoxy groups -OCH3 is 1. The summed E-state index contributed by atoms with van der Waals surface area (Å²) in [6.07, 6.45) is 0.255. The van der Waals surface area contributed by atoms with Gasteiger partial charge in [-0.1, -0.05) is 0 Å². The standard InChI is InChI=1S/C12H17FO3/c1-8(2)16-12-6-9(4-5-14)10(13)7-11(12)15-3/h6-8,14H,4-5H2,1-3H3. The van der Waals surface area contributed by atoms with Gasteiger partial charge in [-0.2, -0.15) is 0 Å². The SMILES string of the molecule is COc1cc(F)c(CCO)cc1OC(C)C. The molecular weight excluding hydrogens is 211 g/mol. The molecule has 0 saturated heterocycles. The number of aliphatic hydroxyl groups is 1. The minimum atomic E-state index is -0.387. The van der Waals surface area contributed by atoms with Crippen molar-refractivity contribution in [1.29, 1.82) is 0 Å². The Morgan fingerprint density at radius 3 is 2.50 bits per heavy atom. The molecule has 1 rings (SSSR count). The molecule has 90 valence electrons. The Labute approximate surface area is 94.8 Å². The summed E-state index contributed by atoms with van der Waals surface area (Å²) in [5.41, 5.74) is 0.430. The summed E-state index contributed by atoms with van der Waals surface area (Å²) in [4.78, 5) is 0. The lowest BCUT2D eigenvalue weighted by Crippen LogP contribution is -2.08. The molecule has 0 spiro atoms. The Balaban J connectivity index is 3.07. The lowest BCUT2D eigenvalue weighted by Gasteiger charge is -2.15. The maximum Gasteiger partial charge on any atom is 0.163 e. The Morgan fingerprint density at radius 2 is 2.00 bits per heavy atom. The number of hydrogen-bond acceptors (Lipinski definition) is 3. The summed E-state index contributed by atoms with van der Waals surface area (Å²) >= 11 is 0. The van der Waals surface area contributed by atoms with Crippen molar-refractivity contribution in [3.63, 3.8) is 0 Å². The molecule has 0 unspecified atom stereocenters. The first kappa shape index (κ1) is 12.8. The van der Waals surface area contributed by atoms with Crippen molar-refractivity contribution in [3.8, 4) is 11.5 Å². The van der Waals surface area contributed by atoms with E-state index in [1.165, 1.54) is 13.2 Å². The molecular formula is C12H17FO3. The van der Waals surface area contributed by atoms with Gasteiger partial charge in [0.2, 0.25) is 0 Å². The third kappa shape index (κ3) is 3.10. The highest BCUT2D eigenvalue weighted by atomic mass is 19.1. The van der Waals surface area contributed by atoms with E-state index in [1.54, 1.807) is 6.07 Å². The zero-order valence-electron chi connectivity index (χ0n) is 9.79. The quantitative estimate of drug-likeness (QED) is 0.839. The number of aliphatic hydroxyl groups excluding tert-OH is 1. The predicted molar refractivity (Wildman–Crippen MR) is 59.5 cm³/mol. The number of halogens is 1. The molecule has 16 heavy (non-hydrogen) atoms. The molecule has 0 aliphatic carbocycles. The first-order chi connectivity index (χ1) is 7.58. The molecule has 1 aromatic rings. The Hall–Kier alpha value is -1.29. The monoisotopic (exact) mass is 228 g/mol. The molecule has 4 heteroatoms. The number of ether oxygens (including phenoxy) is 2. The van der Waals surface area contributed by atoms with Crippen LogP contribution in [-0.4, -0.2) is 24.9 Å². The van der Waals surface area contributed by atoms with Gasteiger partial charge < -0.3 is 14.6 Å². The minimum absolute atomic E-state index is 0.0127. The maximum atomic E-state index is 13.5. The Kier molecular flexibility index (Phi) is 4.55. The van der Waals surface area contributed by atoms with Gasteiger partial charge in [0.1, 0.15) is 5.82 Å². The predicted octanol–water partition coefficient (Wildman–Crippen LogP) is 2.16. The molecule has 0 fully saturated rings. The van der Waals surface area contributed by atoms with Gasteiger partial charge in [-0.15, -0.1) is 0 Å². The third-order valence-corrected chi connectivity index (χ3v) is 2.08. The second-order valence-electron chi connectivity index (χ2n) is 3.73. The highest BCUT2D eigenvalue weighted by molar-refractivity contribution is 5.44. The molecule has 0 aliphatic rings. The van der Waals surface area contributed by atoms with Gasteiger partial charge in [-0.25, -0.2) is 4.39 Å². The van der Waals surface area contributed by atoms with Crippen LogP contribution < -0.4 is 9.47 Å². The van der Waals surface area contributed by atoms with Crippen LogP contribution in [0.2, 0.25) is 0 Å². The van der Waals surface area contributed by atoms with Crippen LogP contribution in [0.15, 0.2) is 12.1 Å². The molecule has 0 bridgehead atoms. The van der Waals surface area contributed by atoms with E-state index in [1.807, 2.05) is 13.8 Å². The van der Waals surface area contributed by atoms with Crippen molar-refractivity contribution in [1.82, 2.24) is 0 Å². The van der Waals surface area contributed by atoms with Gasteiger partial charge >= 0.3 is 0 Å².